The van der Waals surface area contributed by atoms with E-state index in [4.69, 9.17) is 0 Å². The molecular weight excluding hydrogens is 262 g/mol. The Balaban J connectivity index is 2.76. The highest BCUT2D eigenvalue weighted by atomic mass is 79.9. The first-order valence-corrected chi connectivity index (χ1v) is 6.48. The van der Waals surface area contributed by atoms with Gasteiger partial charge in [-0.15, -0.1) is 6.58 Å². The minimum Gasteiger partial charge on any atom is -0.382 e. The maximum Gasteiger partial charge on any atom is 0.0402 e. The molecule has 0 saturated heterocycles. The van der Waals surface area contributed by atoms with Crippen molar-refractivity contribution in [2.45, 2.75) is 39.7 Å². The van der Waals surface area contributed by atoms with Crippen LogP contribution in [-0.2, 0) is 0 Å². The highest BCUT2D eigenvalue weighted by molar-refractivity contribution is 9.10. The van der Waals surface area contributed by atoms with Crippen LogP contribution in [0.15, 0.2) is 29.3 Å². The summed E-state index contributed by atoms with van der Waals surface area (Å²) < 4.78 is 1.15. The van der Waals surface area contributed by atoms with Gasteiger partial charge in [0.05, 0.1) is 0 Å². The summed E-state index contributed by atoms with van der Waals surface area (Å²) in [7, 11) is 0. The Morgan fingerprint density at radius 3 is 2.44 bits per heavy atom. The van der Waals surface area contributed by atoms with Gasteiger partial charge in [-0.1, -0.05) is 22.0 Å². The number of rotatable bonds is 5. The van der Waals surface area contributed by atoms with Crippen LogP contribution in [0.1, 0.15) is 30.9 Å². The smallest absolute Gasteiger partial charge is 0.0402 e. The second kappa shape index (κ2) is 6.09. The van der Waals surface area contributed by atoms with Crippen molar-refractivity contribution >= 4 is 21.6 Å². The summed E-state index contributed by atoms with van der Waals surface area (Å²) in [6.45, 7) is 10.2. The van der Waals surface area contributed by atoms with Gasteiger partial charge in [-0.3, -0.25) is 0 Å². The highest BCUT2D eigenvalue weighted by Crippen LogP contribution is 2.26. The molecule has 0 fully saturated rings. The van der Waals surface area contributed by atoms with Gasteiger partial charge in [-0.25, -0.2) is 0 Å². The largest absolute Gasteiger partial charge is 0.382 e. The summed E-state index contributed by atoms with van der Waals surface area (Å²) in [6, 6.07) is 4.78. The van der Waals surface area contributed by atoms with E-state index in [1.807, 2.05) is 6.08 Å². The molecule has 0 aliphatic heterocycles. The van der Waals surface area contributed by atoms with E-state index in [1.165, 1.54) is 16.8 Å². The van der Waals surface area contributed by atoms with Gasteiger partial charge in [0.15, 0.2) is 0 Å². The Hall–Kier alpha value is -0.760. The average Bonchev–Trinajstić information content (AvgIpc) is 2.20. The molecule has 1 unspecified atom stereocenters. The second-order valence-electron chi connectivity index (χ2n) is 4.33. The number of aryl methyl sites for hydroxylation is 2. The molecule has 16 heavy (non-hydrogen) atoms. The van der Waals surface area contributed by atoms with Crippen LogP contribution in [0.4, 0.5) is 5.69 Å². The minimum absolute atomic E-state index is 0.483. The molecule has 1 aromatic rings. The van der Waals surface area contributed by atoms with Gasteiger partial charge in [0.25, 0.3) is 0 Å². The Labute approximate surface area is 107 Å². The van der Waals surface area contributed by atoms with Crippen molar-refractivity contribution in [1.29, 1.82) is 0 Å². The van der Waals surface area contributed by atoms with Crippen molar-refractivity contribution < 1.29 is 0 Å². The molecule has 0 amide bonds. The summed E-state index contributed by atoms with van der Waals surface area (Å²) in [5.41, 5.74) is 3.84. The topological polar surface area (TPSA) is 12.0 Å². The molecule has 0 aromatic heterocycles. The van der Waals surface area contributed by atoms with E-state index in [1.54, 1.807) is 0 Å². The van der Waals surface area contributed by atoms with Gasteiger partial charge < -0.3 is 5.32 Å². The first-order valence-electron chi connectivity index (χ1n) is 5.68. The minimum atomic E-state index is 0.483. The lowest BCUT2D eigenvalue weighted by Crippen LogP contribution is -2.16. The average molecular weight is 282 g/mol. The number of nitrogens with one attached hydrogen (secondary N) is 1. The Bertz CT molecular complexity index is 348. The van der Waals surface area contributed by atoms with Crippen molar-refractivity contribution in [1.82, 2.24) is 0 Å². The van der Waals surface area contributed by atoms with Crippen molar-refractivity contribution in [3.63, 3.8) is 0 Å². The molecule has 1 aromatic carbocycles. The van der Waals surface area contributed by atoms with Gasteiger partial charge in [0.2, 0.25) is 0 Å². The zero-order valence-electron chi connectivity index (χ0n) is 10.3. The van der Waals surface area contributed by atoms with E-state index in [9.17, 15) is 0 Å². The van der Waals surface area contributed by atoms with Crippen LogP contribution in [0.25, 0.3) is 0 Å². The molecule has 88 valence electrons. The van der Waals surface area contributed by atoms with Crippen LogP contribution in [0, 0.1) is 13.8 Å². The summed E-state index contributed by atoms with van der Waals surface area (Å²) in [6.07, 6.45) is 4.15. The number of anilines is 1. The second-order valence-corrected chi connectivity index (χ2v) is 5.24. The van der Waals surface area contributed by atoms with E-state index in [0.717, 1.165) is 17.3 Å². The Morgan fingerprint density at radius 2 is 1.94 bits per heavy atom. The van der Waals surface area contributed by atoms with E-state index >= 15 is 0 Å². The van der Waals surface area contributed by atoms with E-state index < -0.39 is 0 Å². The molecule has 2 heteroatoms. The third-order valence-corrected chi connectivity index (χ3v) is 3.15. The summed E-state index contributed by atoms with van der Waals surface area (Å²) in [5.74, 6) is 0. The van der Waals surface area contributed by atoms with Gasteiger partial charge in [-0.2, -0.15) is 0 Å². The highest BCUT2D eigenvalue weighted by Gasteiger charge is 2.07. The summed E-state index contributed by atoms with van der Waals surface area (Å²) in [5, 5.41) is 3.57. The number of hydrogen-bond acceptors (Lipinski definition) is 1. The molecule has 0 heterocycles. The first-order chi connectivity index (χ1) is 7.54. The normalized spacial score (nSPS) is 12.2. The molecule has 0 aliphatic rings. The molecular formula is C14H20BrN. The Morgan fingerprint density at radius 1 is 1.38 bits per heavy atom. The molecule has 1 nitrogen and oxygen atoms in total. The monoisotopic (exact) mass is 281 g/mol. The van der Waals surface area contributed by atoms with Gasteiger partial charge in [-0.05, 0) is 56.9 Å². The van der Waals surface area contributed by atoms with Crippen LogP contribution in [0.5, 0.6) is 0 Å². The van der Waals surface area contributed by atoms with E-state index in [-0.39, 0.29) is 0 Å². The number of benzene rings is 1. The van der Waals surface area contributed by atoms with Gasteiger partial charge >= 0.3 is 0 Å². The molecule has 1 atom stereocenters. The van der Waals surface area contributed by atoms with Crippen LogP contribution >= 0.6 is 15.9 Å². The summed E-state index contributed by atoms with van der Waals surface area (Å²) >= 11 is 3.51. The van der Waals surface area contributed by atoms with Gasteiger partial charge in [0.1, 0.15) is 0 Å². The number of hydrogen-bond donors (Lipinski definition) is 1. The van der Waals surface area contributed by atoms with Crippen molar-refractivity contribution in [3.05, 3.63) is 40.4 Å². The predicted octanol–water partition coefficient (Wildman–Crippen LogP) is 4.83. The van der Waals surface area contributed by atoms with Crippen molar-refractivity contribution in [2.75, 3.05) is 5.32 Å². The Kier molecular flexibility index (Phi) is 5.07. The molecule has 0 saturated carbocycles. The quantitative estimate of drug-likeness (QED) is 0.762. The number of halogens is 1. The lowest BCUT2D eigenvalue weighted by Gasteiger charge is -2.19. The van der Waals surface area contributed by atoms with Crippen LogP contribution in [0.3, 0.4) is 0 Å². The number of allylic oxidation sites excluding steroid dienone is 1. The van der Waals surface area contributed by atoms with Crippen LogP contribution < -0.4 is 5.32 Å². The fraction of sp³-hybridized carbons (Fsp3) is 0.429. The lowest BCUT2D eigenvalue weighted by molar-refractivity contribution is 0.717. The van der Waals surface area contributed by atoms with Gasteiger partial charge in [0, 0.05) is 16.2 Å². The SMILES string of the molecule is C=CCCC(C)Nc1c(C)cc(Br)cc1C. The first kappa shape index (κ1) is 13.3. The van der Waals surface area contributed by atoms with Crippen LogP contribution in [-0.4, -0.2) is 6.04 Å². The van der Waals surface area contributed by atoms with Crippen LogP contribution in [0.2, 0.25) is 0 Å². The molecule has 1 rings (SSSR count). The maximum atomic E-state index is 3.75. The third kappa shape index (κ3) is 3.67. The standard InChI is InChI=1S/C14H20BrN/c1-5-6-7-12(4)16-14-10(2)8-13(15)9-11(14)3/h5,8-9,12,16H,1,6-7H2,2-4H3. The fourth-order valence-corrected chi connectivity index (χ4v) is 2.51. The van der Waals surface area contributed by atoms with E-state index in [2.05, 4.69) is 60.7 Å². The molecule has 0 radical (unpaired) electrons. The van der Waals surface area contributed by atoms with E-state index in [0.29, 0.717) is 6.04 Å². The molecule has 1 N–H and O–H groups in total. The maximum absolute atomic E-state index is 3.75. The molecule has 0 aliphatic carbocycles. The summed E-state index contributed by atoms with van der Waals surface area (Å²) in [4.78, 5) is 0. The zero-order chi connectivity index (χ0) is 12.1. The zero-order valence-corrected chi connectivity index (χ0v) is 11.9. The third-order valence-electron chi connectivity index (χ3n) is 2.69. The van der Waals surface area contributed by atoms with Crippen molar-refractivity contribution in [2.24, 2.45) is 0 Å². The lowest BCUT2D eigenvalue weighted by atomic mass is 10.1. The fourth-order valence-electron chi connectivity index (χ4n) is 1.82. The van der Waals surface area contributed by atoms with Crippen molar-refractivity contribution in [3.8, 4) is 0 Å². The molecule has 0 spiro atoms. The predicted molar refractivity (Wildman–Crippen MR) is 76.1 cm³/mol. The molecule has 0 bridgehead atoms.